The molecule has 18 heteroatoms. The number of phenolic OH excluding ortho intramolecular Hbond substituents is 2. The molecule has 0 heterocycles. The Kier molecular flexibility index (Phi) is 234. The van der Waals surface area contributed by atoms with Crippen LogP contribution in [0.1, 0.15) is 205 Å². The van der Waals surface area contributed by atoms with E-state index < -0.39 is 19.7 Å². The Bertz CT molecular complexity index is 2580. The Labute approximate surface area is 949 Å². The van der Waals surface area contributed by atoms with Crippen LogP contribution in [0.15, 0.2) is 262 Å². The molecule has 6 nitrogen and oxygen atoms in total. The van der Waals surface area contributed by atoms with Crippen LogP contribution in [0.25, 0.3) is 0 Å². The molecule has 0 aromatic heterocycles. The summed E-state index contributed by atoms with van der Waals surface area (Å²) in [4.78, 5) is 1.14. The SMILES string of the molecule is CC.CC.CC.CC.CC.CC.CC.CC.CC.CC.CC.CC.CC.CC.O=S(=O)(c1cc[c-]cc1)c1cc[c-]cc1.O=S(=O)(c1cc[c-]cc1)c1cc[c-]cc1.Oc1ccc(Cc2ccc(O)cc2)cc1.[K+].[K+].[Y].[Y].[Y].[Y].[Y].[Y].[Y].[Y].[c-]1cc[c-]cc1.[c-]1cc[c-]cc1.[c-]1cc[c-]cc1.[c-]1cc[c-]cc1. The van der Waals surface area contributed by atoms with E-state index in [1.54, 1.807) is 72.8 Å². The fraction of sp³-hybridized carbons (Fsp3) is 0.326. The van der Waals surface area contributed by atoms with Crippen LogP contribution in [0.4, 0.5) is 0 Å². The van der Waals surface area contributed by atoms with Crippen molar-refractivity contribution in [2.45, 2.75) is 220 Å². The molecular formula is C89H128K2O6S2Y8-10. The van der Waals surface area contributed by atoms with E-state index in [2.05, 4.69) is 72.8 Å². The van der Waals surface area contributed by atoms with Gasteiger partial charge in [0, 0.05) is 262 Å². The van der Waals surface area contributed by atoms with Crippen molar-refractivity contribution in [2.75, 3.05) is 0 Å². The van der Waals surface area contributed by atoms with E-state index in [0.29, 0.717) is 0 Å². The zero-order valence-electron chi connectivity index (χ0n) is 71.8. The average Bonchev–Trinajstić information content (AvgIpc) is 0.826. The summed E-state index contributed by atoms with van der Waals surface area (Å²) in [6, 6.07) is 102. The Balaban J connectivity index is -0.0000000404. The Hall–Kier alpha value is 3.80. The number of hydrogen-bond acceptors (Lipinski definition) is 6. The average molecular weight is 2150 g/mol. The van der Waals surface area contributed by atoms with Crippen molar-refractivity contribution in [3.63, 3.8) is 0 Å². The minimum atomic E-state index is -3.38. The summed E-state index contributed by atoms with van der Waals surface area (Å²) in [5.74, 6) is 0.564. The predicted octanol–water partition coefficient (Wildman–Crippen LogP) is 20.4. The maximum atomic E-state index is 12.0. The second-order valence-electron chi connectivity index (χ2n) is 13.5. The topological polar surface area (TPSA) is 109 Å². The smallest absolute Gasteiger partial charge is 0.508 e. The van der Waals surface area contributed by atoms with Crippen LogP contribution < -0.4 is 103 Å². The van der Waals surface area contributed by atoms with Crippen LogP contribution in [-0.2, 0) is 288 Å². The zero-order valence-corrected chi connectivity index (χ0v) is 102. The standard InChI is InChI=1S/C13H12O2.2C12H8O2S.4C6H4.14C2H6.2K.8Y/c14-12-5-1-10(2-6-12)9-11-3-7-13(15)8-4-11;2*13-15(14,11-7-3-1-4-8-11)12-9-5-2-6-10-12;4*1-2-4-6-5-3-1;14*1-2;;;;;;;;;;/h1-8,14-15H,9H2;2*3-10H;4*1-2,5-6H;14*1-2H3;;;;;;;;;;/q;6*-2;;;;;;;;;;;;;;;2*+1;;;;;;;;. The van der Waals surface area contributed by atoms with Crippen LogP contribution in [0.2, 0.25) is 0 Å². The van der Waals surface area contributed by atoms with E-state index in [-0.39, 0.29) is 396 Å². The van der Waals surface area contributed by atoms with Gasteiger partial charge in [0.1, 0.15) is 11.5 Å². The Morgan fingerprint density at radius 2 is 0.299 bits per heavy atom. The third-order valence-electron chi connectivity index (χ3n) is 8.48. The Morgan fingerprint density at radius 1 is 0.196 bits per heavy atom. The molecule has 0 saturated carbocycles. The summed E-state index contributed by atoms with van der Waals surface area (Å²) in [7, 11) is -6.76. The van der Waals surface area contributed by atoms with Crippen molar-refractivity contribution in [1.82, 2.24) is 0 Å². The van der Waals surface area contributed by atoms with Gasteiger partial charge in [-0.2, -0.15) is 121 Å². The number of phenols is 2. The second-order valence-corrected chi connectivity index (χ2v) is 17.4. The van der Waals surface area contributed by atoms with Gasteiger partial charge in [-0.15, -0.1) is 0 Å². The van der Waals surface area contributed by atoms with Crippen molar-refractivity contribution in [3.8, 4) is 11.5 Å². The van der Waals surface area contributed by atoms with E-state index in [1.807, 2.05) is 315 Å². The Morgan fingerprint density at radius 3 is 0.402 bits per heavy atom. The first-order valence-electron chi connectivity index (χ1n) is 34.9. The number of sulfone groups is 2. The molecule has 10 rings (SSSR count). The minimum Gasteiger partial charge on any atom is -0.508 e. The number of benzene rings is 10. The number of rotatable bonds is 6. The van der Waals surface area contributed by atoms with Gasteiger partial charge in [-0.1, -0.05) is 218 Å². The van der Waals surface area contributed by atoms with Crippen LogP contribution in [0.5, 0.6) is 11.5 Å². The molecular weight excluding hydrogens is 2020 g/mol. The first-order chi connectivity index (χ1) is 47.7. The van der Waals surface area contributed by atoms with Crippen molar-refractivity contribution in [2.24, 2.45) is 0 Å². The van der Waals surface area contributed by atoms with Gasteiger partial charge in [-0.05, 0) is 61.4 Å². The summed E-state index contributed by atoms with van der Waals surface area (Å²) in [5.41, 5.74) is 2.27. The fourth-order valence-corrected chi connectivity index (χ4v) is 7.67. The summed E-state index contributed by atoms with van der Waals surface area (Å²) >= 11 is 0. The van der Waals surface area contributed by atoms with E-state index in [4.69, 9.17) is 10.2 Å². The molecule has 0 amide bonds. The van der Waals surface area contributed by atoms with Gasteiger partial charge in [-0.3, -0.25) is 97.1 Å². The maximum Gasteiger partial charge on any atom is 1.00 e. The molecule has 0 atom stereocenters. The number of hydrogen-bond donors (Lipinski definition) is 2. The molecule has 0 aliphatic carbocycles. The van der Waals surface area contributed by atoms with Crippen LogP contribution in [0.3, 0.4) is 0 Å². The van der Waals surface area contributed by atoms with Gasteiger partial charge >= 0.3 is 103 Å². The van der Waals surface area contributed by atoms with E-state index in [9.17, 15) is 16.8 Å². The van der Waals surface area contributed by atoms with Crippen molar-refractivity contribution >= 4 is 19.7 Å². The summed E-state index contributed by atoms with van der Waals surface area (Å²) < 4.78 is 48.0. The molecule has 0 aliphatic rings. The second kappa shape index (κ2) is 151. The minimum absolute atomic E-state index is 0. The van der Waals surface area contributed by atoms with Crippen LogP contribution >= 0.6 is 0 Å². The molecule has 0 aliphatic heterocycles. The third kappa shape index (κ3) is 110. The summed E-state index contributed by atoms with van der Waals surface area (Å²) in [6.45, 7) is 56.0. The van der Waals surface area contributed by atoms with Crippen LogP contribution in [0, 0.1) is 72.8 Å². The molecule has 0 fully saturated rings. The van der Waals surface area contributed by atoms with Gasteiger partial charge in [0.15, 0.2) is 19.7 Å². The normalized spacial score (nSPS) is 7.14. The monoisotopic (exact) mass is 2150 g/mol. The molecule has 10 aromatic rings. The van der Waals surface area contributed by atoms with E-state index >= 15 is 0 Å². The van der Waals surface area contributed by atoms with E-state index in [1.165, 1.54) is 48.5 Å². The van der Waals surface area contributed by atoms with Crippen molar-refractivity contribution < 1.29 is 391 Å². The van der Waals surface area contributed by atoms with Crippen molar-refractivity contribution in [3.05, 3.63) is 327 Å². The van der Waals surface area contributed by atoms with Crippen molar-refractivity contribution in [1.29, 1.82) is 0 Å². The molecule has 568 valence electrons. The quantitative estimate of drug-likeness (QED) is 0.127. The maximum absolute atomic E-state index is 12.0. The third-order valence-corrected chi connectivity index (χ3v) is 12.1. The van der Waals surface area contributed by atoms with Gasteiger partial charge in [-0.25, -0.2) is 16.8 Å². The first kappa shape index (κ1) is 166. The van der Waals surface area contributed by atoms with E-state index in [0.717, 1.165) is 17.5 Å². The fourth-order valence-electron chi connectivity index (χ4n) is 5.15. The molecule has 0 spiro atoms. The predicted molar refractivity (Wildman–Crippen MR) is 426 cm³/mol. The van der Waals surface area contributed by atoms with Gasteiger partial charge < -0.3 is 58.7 Å². The van der Waals surface area contributed by atoms with Gasteiger partial charge in [0.2, 0.25) is 0 Å². The number of aromatic hydroxyl groups is 2. The van der Waals surface area contributed by atoms with Gasteiger partial charge in [0.25, 0.3) is 0 Å². The largest absolute Gasteiger partial charge is 1.00 e. The first-order valence-corrected chi connectivity index (χ1v) is 37.8. The van der Waals surface area contributed by atoms with Crippen LogP contribution in [-0.4, -0.2) is 27.0 Å². The summed E-state index contributed by atoms with van der Waals surface area (Å²) in [6.07, 6.45) is 0.806. The zero-order chi connectivity index (χ0) is 77.1. The molecule has 2 N–H and O–H groups in total. The molecule has 107 heavy (non-hydrogen) atoms. The molecule has 0 saturated heterocycles. The molecule has 0 unspecified atom stereocenters. The van der Waals surface area contributed by atoms with Gasteiger partial charge in [0.05, 0.1) is 0 Å². The molecule has 0 bridgehead atoms. The molecule has 8 radical (unpaired) electrons. The molecule has 10 aromatic carbocycles. The summed E-state index contributed by atoms with van der Waals surface area (Å²) in [5, 5.41) is 18.3.